The Hall–Kier alpha value is 0.140. The Bertz CT molecular complexity index is 244. The summed E-state index contributed by atoms with van der Waals surface area (Å²) >= 11 is 5.32. The van der Waals surface area contributed by atoms with Gasteiger partial charge in [-0.2, -0.15) is 0 Å². The minimum Gasteiger partial charge on any atom is -0.307 e. The first-order valence-corrected chi connectivity index (χ1v) is 5.77. The monoisotopic (exact) mass is 247 g/mol. The van der Waals surface area contributed by atoms with Crippen molar-refractivity contribution in [2.24, 2.45) is 0 Å². The molecule has 1 aromatic heterocycles. The Morgan fingerprint density at radius 3 is 2.50 bits per heavy atom. The molecule has 0 fully saturated rings. The summed E-state index contributed by atoms with van der Waals surface area (Å²) in [5.41, 5.74) is 0. The first kappa shape index (κ1) is 10.2. The van der Waals surface area contributed by atoms with Crippen LogP contribution in [-0.2, 0) is 0 Å². The molecule has 1 N–H and O–H groups in total. The van der Waals surface area contributed by atoms with Crippen LogP contribution in [0.15, 0.2) is 15.9 Å². The zero-order valence-corrected chi connectivity index (χ0v) is 10.00. The molecule has 1 nitrogen and oxygen atoms in total. The van der Waals surface area contributed by atoms with E-state index in [1.807, 2.05) is 0 Å². The van der Waals surface area contributed by atoms with Crippen molar-refractivity contribution in [3.63, 3.8) is 0 Å². The lowest BCUT2D eigenvalue weighted by atomic mass is 10.2. The van der Waals surface area contributed by atoms with Crippen molar-refractivity contribution < 1.29 is 0 Å². The quantitative estimate of drug-likeness (QED) is 0.862. The highest BCUT2D eigenvalue weighted by atomic mass is 79.9. The predicted octanol–water partition coefficient (Wildman–Crippen LogP) is 3.57. The molecule has 68 valence electrons. The Balaban J connectivity index is 2.65. The zero-order chi connectivity index (χ0) is 9.14. The van der Waals surface area contributed by atoms with Crippen LogP contribution in [0, 0.1) is 0 Å². The van der Waals surface area contributed by atoms with Crippen LogP contribution in [0.1, 0.15) is 31.7 Å². The van der Waals surface area contributed by atoms with Gasteiger partial charge in [0.15, 0.2) is 0 Å². The van der Waals surface area contributed by atoms with Gasteiger partial charge in [-0.15, -0.1) is 11.3 Å². The molecule has 1 unspecified atom stereocenters. The minimum atomic E-state index is 0.444. The zero-order valence-electron chi connectivity index (χ0n) is 7.60. The average molecular weight is 248 g/mol. The summed E-state index contributed by atoms with van der Waals surface area (Å²) in [4.78, 5) is 1.38. The number of hydrogen-bond donors (Lipinski definition) is 1. The van der Waals surface area contributed by atoms with E-state index in [2.05, 4.69) is 53.5 Å². The van der Waals surface area contributed by atoms with Gasteiger partial charge in [-0.1, -0.05) is 13.8 Å². The molecular formula is C9H14BrNS. The van der Waals surface area contributed by atoms with Crippen LogP contribution in [-0.4, -0.2) is 6.04 Å². The van der Waals surface area contributed by atoms with Gasteiger partial charge in [-0.3, -0.25) is 0 Å². The molecule has 12 heavy (non-hydrogen) atoms. The van der Waals surface area contributed by atoms with Gasteiger partial charge in [0.25, 0.3) is 0 Å². The van der Waals surface area contributed by atoms with Gasteiger partial charge in [0, 0.05) is 21.4 Å². The summed E-state index contributed by atoms with van der Waals surface area (Å²) in [5.74, 6) is 0. The fraction of sp³-hybridized carbons (Fsp3) is 0.556. The summed E-state index contributed by atoms with van der Waals surface area (Å²) in [6.45, 7) is 6.52. The van der Waals surface area contributed by atoms with Gasteiger partial charge in [0.05, 0.1) is 0 Å². The molecule has 0 amide bonds. The van der Waals surface area contributed by atoms with E-state index in [9.17, 15) is 0 Å². The second-order valence-electron chi connectivity index (χ2n) is 3.18. The predicted molar refractivity (Wildman–Crippen MR) is 58.7 cm³/mol. The molecule has 0 aliphatic rings. The topological polar surface area (TPSA) is 12.0 Å². The standard InChI is InChI=1S/C9H14BrNS/c1-6(2)11-7(3)9-8(10)4-5-12-9/h4-7,11H,1-3H3. The lowest BCUT2D eigenvalue weighted by Crippen LogP contribution is -2.25. The lowest BCUT2D eigenvalue weighted by Gasteiger charge is -2.15. The van der Waals surface area contributed by atoms with Gasteiger partial charge in [-0.05, 0) is 34.3 Å². The van der Waals surface area contributed by atoms with Crippen molar-refractivity contribution in [1.82, 2.24) is 5.32 Å². The van der Waals surface area contributed by atoms with E-state index in [4.69, 9.17) is 0 Å². The van der Waals surface area contributed by atoms with Gasteiger partial charge >= 0.3 is 0 Å². The van der Waals surface area contributed by atoms with Crippen molar-refractivity contribution in [1.29, 1.82) is 0 Å². The number of halogens is 1. The summed E-state index contributed by atoms with van der Waals surface area (Å²) in [6.07, 6.45) is 0. The molecule has 1 rings (SSSR count). The first-order chi connectivity index (χ1) is 5.61. The maximum absolute atomic E-state index is 3.53. The van der Waals surface area contributed by atoms with Crippen LogP contribution < -0.4 is 5.32 Å². The van der Waals surface area contributed by atoms with Crippen LogP contribution in [0.4, 0.5) is 0 Å². The van der Waals surface area contributed by atoms with E-state index < -0.39 is 0 Å². The van der Waals surface area contributed by atoms with E-state index in [0.29, 0.717) is 12.1 Å². The molecule has 0 bridgehead atoms. The molecule has 1 aromatic rings. The SMILES string of the molecule is CC(C)NC(C)c1sccc1Br. The number of hydrogen-bond acceptors (Lipinski definition) is 2. The summed E-state index contributed by atoms with van der Waals surface area (Å²) in [7, 11) is 0. The maximum Gasteiger partial charge on any atom is 0.0399 e. The van der Waals surface area contributed by atoms with Crippen molar-refractivity contribution >= 4 is 27.3 Å². The molecule has 1 atom stereocenters. The second-order valence-corrected chi connectivity index (χ2v) is 4.98. The molecule has 1 heterocycles. The van der Waals surface area contributed by atoms with Crippen LogP contribution >= 0.6 is 27.3 Å². The van der Waals surface area contributed by atoms with E-state index in [-0.39, 0.29) is 0 Å². The molecule has 0 aliphatic heterocycles. The second kappa shape index (κ2) is 4.40. The van der Waals surface area contributed by atoms with Crippen molar-refractivity contribution in [2.75, 3.05) is 0 Å². The summed E-state index contributed by atoms with van der Waals surface area (Å²) in [6, 6.07) is 3.08. The van der Waals surface area contributed by atoms with E-state index >= 15 is 0 Å². The third kappa shape index (κ3) is 2.57. The Morgan fingerprint density at radius 2 is 2.08 bits per heavy atom. The Labute approximate surface area is 86.3 Å². The van der Waals surface area contributed by atoms with Crippen LogP contribution in [0.5, 0.6) is 0 Å². The first-order valence-electron chi connectivity index (χ1n) is 4.10. The molecule has 0 aliphatic carbocycles. The van der Waals surface area contributed by atoms with Crippen LogP contribution in [0.3, 0.4) is 0 Å². The maximum atomic E-state index is 3.53. The number of rotatable bonds is 3. The average Bonchev–Trinajstić information content (AvgIpc) is 2.33. The van der Waals surface area contributed by atoms with E-state index in [0.717, 1.165) is 0 Å². The normalized spacial score (nSPS) is 13.8. The molecule has 0 saturated heterocycles. The molecule has 0 spiro atoms. The minimum absolute atomic E-state index is 0.444. The third-order valence-electron chi connectivity index (χ3n) is 1.62. The molecule has 0 aromatic carbocycles. The van der Waals surface area contributed by atoms with Crippen LogP contribution in [0.25, 0.3) is 0 Å². The fourth-order valence-corrected chi connectivity index (χ4v) is 2.92. The highest BCUT2D eigenvalue weighted by molar-refractivity contribution is 9.10. The highest BCUT2D eigenvalue weighted by Crippen LogP contribution is 2.28. The van der Waals surface area contributed by atoms with Gasteiger partial charge < -0.3 is 5.32 Å². The number of nitrogens with one attached hydrogen (secondary N) is 1. The molecule has 0 saturated carbocycles. The van der Waals surface area contributed by atoms with Gasteiger partial charge in [0.1, 0.15) is 0 Å². The summed E-state index contributed by atoms with van der Waals surface area (Å²) < 4.78 is 1.22. The highest BCUT2D eigenvalue weighted by Gasteiger charge is 2.10. The Kier molecular flexibility index (Phi) is 3.75. The third-order valence-corrected chi connectivity index (χ3v) is 3.67. The smallest absolute Gasteiger partial charge is 0.0399 e. The molecular weight excluding hydrogens is 234 g/mol. The summed E-state index contributed by atoms with van der Waals surface area (Å²) in [5, 5.41) is 5.58. The van der Waals surface area contributed by atoms with Gasteiger partial charge in [-0.25, -0.2) is 0 Å². The van der Waals surface area contributed by atoms with E-state index in [1.54, 1.807) is 11.3 Å². The number of thiophene rings is 1. The van der Waals surface area contributed by atoms with Crippen molar-refractivity contribution in [3.05, 3.63) is 20.8 Å². The largest absolute Gasteiger partial charge is 0.307 e. The van der Waals surface area contributed by atoms with Crippen molar-refractivity contribution in [3.8, 4) is 0 Å². The van der Waals surface area contributed by atoms with E-state index in [1.165, 1.54) is 9.35 Å². The fourth-order valence-electron chi connectivity index (χ4n) is 1.19. The van der Waals surface area contributed by atoms with Crippen molar-refractivity contribution in [2.45, 2.75) is 32.9 Å². The molecule has 3 heteroatoms. The van der Waals surface area contributed by atoms with Gasteiger partial charge in [0.2, 0.25) is 0 Å². The Morgan fingerprint density at radius 1 is 1.42 bits per heavy atom. The van der Waals surface area contributed by atoms with Crippen LogP contribution in [0.2, 0.25) is 0 Å². The lowest BCUT2D eigenvalue weighted by molar-refractivity contribution is 0.511. The molecule has 0 radical (unpaired) electrons.